The summed E-state index contributed by atoms with van der Waals surface area (Å²) in [4.78, 5) is 8.66. The number of H-pyrrole nitrogens is 1. The number of hydrogen-bond acceptors (Lipinski definition) is 7. The van der Waals surface area contributed by atoms with Crippen LogP contribution in [-0.4, -0.2) is 36.8 Å². The molecule has 1 fully saturated rings. The molecule has 8 nitrogen and oxygen atoms in total. The molecule has 1 aromatic carbocycles. The van der Waals surface area contributed by atoms with E-state index in [9.17, 15) is 0 Å². The molecule has 1 radical (unpaired) electrons. The molecule has 5 rings (SSSR count). The first-order chi connectivity index (χ1) is 13.7. The van der Waals surface area contributed by atoms with Crippen LogP contribution in [0.15, 0.2) is 53.7 Å². The third-order valence-corrected chi connectivity index (χ3v) is 5.11. The van der Waals surface area contributed by atoms with Gasteiger partial charge in [0.2, 0.25) is 0 Å². The van der Waals surface area contributed by atoms with Crippen LogP contribution in [0.25, 0.3) is 0 Å². The number of methoxy groups -OCH3 is 2. The predicted octanol–water partition coefficient (Wildman–Crippen LogP) is 3.06. The second kappa shape index (κ2) is 6.72. The Balaban J connectivity index is 1.47. The third kappa shape index (κ3) is 3.11. The lowest BCUT2D eigenvalue weighted by molar-refractivity contribution is 0.394. The molecule has 1 aliphatic carbocycles. The van der Waals surface area contributed by atoms with Gasteiger partial charge in [0, 0.05) is 41.6 Å². The van der Waals surface area contributed by atoms with Crippen molar-refractivity contribution in [3.63, 3.8) is 0 Å². The van der Waals surface area contributed by atoms with E-state index in [4.69, 9.17) is 9.47 Å². The number of anilines is 2. The summed E-state index contributed by atoms with van der Waals surface area (Å²) in [7, 11) is 3.30. The third-order valence-electron chi connectivity index (χ3n) is 5.11. The predicted molar refractivity (Wildman–Crippen MR) is 108 cm³/mol. The number of nitrogens with zero attached hydrogens (tertiary/aromatic N) is 4. The molecule has 0 unspecified atom stereocenters. The van der Waals surface area contributed by atoms with Crippen molar-refractivity contribution in [1.29, 1.82) is 0 Å². The highest BCUT2D eigenvalue weighted by Crippen LogP contribution is 2.39. The SMILES string of the molecule is COc1cc(OC)cc(N2C=C(Nc3cc(C4CC4)[nH]n3)[N+]3C=CN=C3C2)c1. The lowest BCUT2D eigenvalue weighted by Crippen LogP contribution is -2.45. The molecule has 0 bridgehead atoms. The maximum atomic E-state index is 5.42. The second-order valence-electron chi connectivity index (χ2n) is 7.03. The van der Waals surface area contributed by atoms with Crippen molar-refractivity contribution in [1.82, 2.24) is 15.1 Å². The highest BCUT2D eigenvalue weighted by molar-refractivity contribution is 5.96. The molecule has 1 aromatic heterocycles. The van der Waals surface area contributed by atoms with E-state index >= 15 is 0 Å². The van der Waals surface area contributed by atoms with Crippen LogP contribution in [0.3, 0.4) is 0 Å². The van der Waals surface area contributed by atoms with Crippen molar-refractivity contribution in [3.05, 3.63) is 54.4 Å². The van der Waals surface area contributed by atoms with E-state index in [2.05, 4.69) is 31.5 Å². The normalized spacial score (nSPS) is 18.6. The van der Waals surface area contributed by atoms with Crippen molar-refractivity contribution >= 4 is 17.3 Å². The number of fused-ring (bicyclic) bond motifs is 1. The number of benzene rings is 1. The molecule has 1 saturated carbocycles. The van der Waals surface area contributed by atoms with E-state index in [1.165, 1.54) is 18.5 Å². The summed E-state index contributed by atoms with van der Waals surface area (Å²) in [5.41, 5.74) is 2.16. The van der Waals surface area contributed by atoms with Crippen LogP contribution in [0.1, 0.15) is 24.5 Å². The standard InChI is InChI=1S/C20H22N6O2/c1-27-15-7-14(8-16(9-15)28-2)25-11-19-21-5-6-26(19)20(12-25)22-18-10-17(23-24-18)13-3-4-13/h5-10,12-13H,3-4,11H2,1-2H3,(H2,22,23,24)/q+1. The zero-order valence-electron chi connectivity index (χ0n) is 15.8. The van der Waals surface area contributed by atoms with E-state index < -0.39 is 0 Å². The summed E-state index contributed by atoms with van der Waals surface area (Å²) >= 11 is 0. The molecule has 2 N–H and O–H groups in total. The van der Waals surface area contributed by atoms with Crippen LogP contribution in [-0.2, 0) is 0 Å². The van der Waals surface area contributed by atoms with Crippen molar-refractivity contribution in [2.45, 2.75) is 18.8 Å². The molecule has 2 aromatic rings. The Kier molecular flexibility index (Phi) is 4.05. The Morgan fingerprint density at radius 3 is 2.64 bits per heavy atom. The fourth-order valence-electron chi connectivity index (χ4n) is 3.43. The average Bonchev–Trinajstić information content (AvgIpc) is 3.28. The smallest absolute Gasteiger partial charge is 0.284 e. The molecule has 0 amide bonds. The van der Waals surface area contributed by atoms with E-state index in [-0.39, 0.29) is 0 Å². The quantitative estimate of drug-likeness (QED) is 0.755. The number of nitrogens with one attached hydrogen (secondary N) is 2. The number of aromatic amines is 1. The second-order valence-corrected chi connectivity index (χ2v) is 7.03. The first-order valence-corrected chi connectivity index (χ1v) is 9.30. The van der Waals surface area contributed by atoms with Crippen LogP contribution < -0.4 is 24.6 Å². The topological polar surface area (TPSA) is 80.7 Å². The Morgan fingerprint density at radius 2 is 1.93 bits per heavy atom. The molecule has 143 valence electrons. The van der Waals surface area contributed by atoms with Gasteiger partial charge in [0.15, 0.2) is 12.0 Å². The number of hydrogen-bond donors (Lipinski definition) is 2. The van der Waals surface area contributed by atoms with E-state index in [1.54, 1.807) is 20.4 Å². The van der Waals surface area contributed by atoms with Gasteiger partial charge in [0.1, 0.15) is 18.0 Å². The summed E-state index contributed by atoms with van der Waals surface area (Å²) < 4.78 is 10.8. The summed E-state index contributed by atoms with van der Waals surface area (Å²) in [6.07, 6.45) is 8.28. The molecule has 8 heteroatoms. The number of rotatable bonds is 6. The number of ether oxygens (including phenoxy) is 2. The molecule has 28 heavy (non-hydrogen) atoms. The van der Waals surface area contributed by atoms with Gasteiger partial charge in [-0.1, -0.05) is 0 Å². The highest BCUT2D eigenvalue weighted by atomic mass is 16.5. The lowest BCUT2D eigenvalue weighted by Gasteiger charge is -2.26. The first kappa shape index (κ1) is 16.9. The molecule has 2 aliphatic heterocycles. The minimum Gasteiger partial charge on any atom is -0.497 e. The van der Waals surface area contributed by atoms with Gasteiger partial charge in [-0.25, -0.2) is 0 Å². The number of aliphatic imine (C=N–C) groups is 1. The van der Waals surface area contributed by atoms with E-state index in [0.29, 0.717) is 12.5 Å². The van der Waals surface area contributed by atoms with Crippen molar-refractivity contribution in [3.8, 4) is 11.5 Å². The van der Waals surface area contributed by atoms with Crippen LogP contribution in [0.5, 0.6) is 11.5 Å². The lowest BCUT2D eigenvalue weighted by atomic mass is 10.2. The summed E-state index contributed by atoms with van der Waals surface area (Å²) in [6.45, 7) is 0.641. The average molecular weight is 378 g/mol. The van der Waals surface area contributed by atoms with E-state index in [0.717, 1.165) is 34.7 Å². The fraction of sp³-hybridized carbons (Fsp3) is 0.300. The molecule has 3 aliphatic rings. The maximum absolute atomic E-state index is 5.42. The molecular formula is C20H22N6O2+. The van der Waals surface area contributed by atoms with Gasteiger partial charge in [0.05, 0.1) is 26.6 Å². The van der Waals surface area contributed by atoms with E-state index in [1.807, 2.05) is 35.5 Å². The summed E-state index contributed by atoms with van der Waals surface area (Å²) in [6, 6.07) is 7.91. The van der Waals surface area contributed by atoms with Gasteiger partial charge in [0.25, 0.3) is 11.7 Å². The van der Waals surface area contributed by atoms with Gasteiger partial charge in [-0.2, -0.15) is 10.1 Å². The summed E-state index contributed by atoms with van der Waals surface area (Å²) in [5.74, 6) is 4.74. The Bertz CT molecular complexity index is 966. The summed E-state index contributed by atoms with van der Waals surface area (Å²) in [5, 5.41) is 11.0. The van der Waals surface area contributed by atoms with Gasteiger partial charge >= 0.3 is 0 Å². The van der Waals surface area contributed by atoms with Gasteiger partial charge in [-0.3, -0.25) is 10.4 Å². The first-order valence-electron chi connectivity index (χ1n) is 9.30. The fourth-order valence-corrected chi connectivity index (χ4v) is 3.43. The molecule has 0 spiro atoms. The Labute approximate surface area is 163 Å². The van der Waals surface area contributed by atoms with Crippen molar-refractivity contribution in [2.75, 3.05) is 31.0 Å². The van der Waals surface area contributed by atoms with Crippen LogP contribution in [0.2, 0.25) is 0 Å². The van der Waals surface area contributed by atoms with Crippen molar-refractivity contribution in [2.24, 2.45) is 4.99 Å². The zero-order valence-corrected chi connectivity index (χ0v) is 15.8. The van der Waals surface area contributed by atoms with Crippen LogP contribution >= 0.6 is 0 Å². The largest absolute Gasteiger partial charge is 0.497 e. The molecule has 0 saturated heterocycles. The van der Waals surface area contributed by atoms with Gasteiger partial charge in [-0.05, 0) is 17.7 Å². The monoisotopic (exact) mass is 378 g/mol. The van der Waals surface area contributed by atoms with Gasteiger partial charge < -0.3 is 14.4 Å². The van der Waals surface area contributed by atoms with Crippen LogP contribution in [0.4, 0.5) is 11.5 Å². The van der Waals surface area contributed by atoms with Crippen LogP contribution in [0, 0.1) is 0 Å². The Morgan fingerprint density at radius 1 is 1.14 bits per heavy atom. The minimum atomic E-state index is 0.632. The zero-order chi connectivity index (χ0) is 19.1. The maximum Gasteiger partial charge on any atom is 0.284 e. The molecule has 0 atom stereocenters. The van der Waals surface area contributed by atoms with Crippen molar-refractivity contribution < 1.29 is 9.47 Å². The Hall–Kier alpha value is -3.26. The molecule has 3 heterocycles. The number of aromatic nitrogens is 2. The molecular weight excluding hydrogens is 356 g/mol. The minimum absolute atomic E-state index is 0.632. The van der Waals surface area contributed by atoms with Gasteiger partial charge in [-0.15, -0.1) is 0 Å². The number of amidine groups is 1. The highest BCUT2D eigenvalue weighted by Gasteiger charge is 2.38.